The molecule has 0 fully saturated rings. The first-order chi connectivity index (χ1) is 12.0. The molecule has 0 aliphatic rings. The van der Waals surface area contributed by atoms with Crippen molar-refractivity contribution in [2.24, 2.45) is 0 Å². The van der Waals surface area contributed by atoms with Crippen LogP contribution in [0.3, 0.4) is 0 Å². The second kappa shape index (κ2) is 7.77. The lowest BCUT2D eigenvalue weighted by Crippen LogP contribution is -2.29. The molecule has 0 spiro atoms. The third-order valence-corrected chi connectivity index (χ3v) is 5.20. The van der Waals surface area contributed by atoms with Crippen LogP contribution in [0.5, 0.6) is 0 Å². The zero-order valence-electron chi connectivity index (χ0n) is 13.1. The summed E-state index contributed by atoms with van der Waals surface area (Å²) in [6.45, 7) is 1.51. The van der Waals surface area contributed by atoms with E-state index in [-0.39, 0.29) is 0 Å². The van der Waals surface area contributed by atoms with Gasteiger partial charge in [0.15, 0.2) is 11.2 Å². The highest BCUT2D eigenvalue weighted by molar-refractivity contribution is 7.17. The molecule has 0 saturated carbocycles. The van der Waals surface area contributed by atoms with E-state index in [0.29, 0.717) is 14.3 Å². The van der Waals surface area contributed by atoms with Crippen LogP contribution in [-0.2, 0) is 9.53 Å². The Bertz CT molecular complexity index is 892. The van der Waals surface area contributed by atoms with Crippen molar-refractivity contribution in [3.8, 4) is 11.3 Å². The largest absolute Gasteiger partial charge is 0.448 e. The van der Waals surface area contributed by atoms with E-state index >= 15 is 0 Å². The molecule has 2 aromatic heterocycles. The summed E-state index contributed by atoms with van der Waals surface area (Å²) in [5, 5.41) is 4.97. The summed E-state index contributed by atoms with van der Waals surface area (Å²) in [5.74, 6) is -1.02. The van der Waals surface area contributed by atoms with E-state index in [9.17, 15) is 9.59 Å². The maximum absolute atomic E-state index is 12.2. The molecule has 0 aliphatic heterocycles. The standard InChI is InChI=1S/C17H13ClN2O3S2/c1-10(23-16(22)13-7-8-14(18)25-13)15(21)20-17-19-12(9-24-17)11-5-3-2-4-6-11/h2-10H,1H3,(H,19,20,21). The zero-order chi connectivity index (χ0) is 17.8. The third kappa shape index (κ3) is 4.45. The van der Waals surface area contributed by atoms with Crippen LogP contribution in [0.1, 0.15) is 16.6 Å². The number of nitrogens with one attached hydrogen (secondary N) is 1. The quantitative estimate of drug-likeness (QED) is 0.638. The van der Waals surface area contributed by atoms with E-state index in [2.05, 4.69) is 10.3 Å². The van der Waals surface area contributed by atoms with Crippen LogP contribution in [0.25, 0.3) is 11.3 Å². The minimum atomic E-state index is -0.947. The van der Waals surface area contributed by atoms with Gasteiger partial charge in [0.1, 0.15) is 4.88 Å². The van der Waals surface area contributed by atoms with Crippen LogP contribution in [0.2, 0.25) is 4.34 Å². The van der Waals surface area contributed by atoms with Crippen LogP contribution < -0.4 is 5.32 Å². The molecule has 1 amide bonds. The number of anilines is 1. The number of ether oxygens (including phenoxy) is 1. The highest BCUT2D eigenvalue weighted by Gasteiger charge is 2.21. The van der Waals surface area contributed by atoms with Gasteiger partial charge in [-0.2, -0.15) is 0 Å². The lowest BCUT2D eigenvalue weighted by Gasteiger charge is -2.11. The fourth-order valence-corrected chi connectivity index (χ4v) is 3.62. The molecule has 8 heteroatoms. The Balaban J connectivity index is 1.60. The van der Waals surface area contributed by atoms with Gasteiger partial charge in [0, 0.05) is 10.9 Å². The van der Waals surface area contributed by atoms with Gasteiger partial charge in [0.05, 0.1) is 10.0 Å². The minimum absolute atomic E-state index is 0.352. The molecule has 3 rings (SSSR count). The first kappa shape index (κ1) is 17.6. The number of hydrogen-bond donors (Lipinski definition) is 1. The number of hydrogen-bond acceptors (Lipinski definition) is 6. The van der Waals surface area contributed by atoms with Crippen molar-refractivity contribution in [3.05, 3.63) is 57.1 Å². The van der Waals surface area contributed by atoms with Gasteiger partial charge in [-0.1, -0.05) is 41.9 Å². The number of halogens is 1. The van der Waals surface area contributed by atoms with Crippen molar-refractivity contribution in [2.75, 3.05) is 5.32 Å². The number of thiazole rings is 1. The molecule has 25 heavy (non-hydrogen) atoms. The highest BCUT2D eigenvalue weighted by Crippen LogP contribution is 2.25. The first-order valence-electron chi connectivity index (χ1n) is 7.31. The minimum Gasteiger partial charge on any atom is -0.448 e. The fraction of sp³-hybridized carbons (Fsp3) is 0.118. The normalized spacial score (nSPS) is 11.8. The van der Waals surface area contributed by atoms with Gasteiger partial charge < -0.3 is 4.74 Å². The molecule has 1 aromatic carbocycles. The number of benzene rings is 1. The average molecular weight is 393 g/mol. The van der Waals surface area contributed by atoms with E-state index in [4.69, 9.17) is 16.3 Å². The Hall–Kier alpha value is -2.22. The van der Waals surface area contributed by atoms with Gasteiger partial charge >= 0.3 is 5.97 Å². The predicted molar refractivity (Wildman–Crippen MR) is 100 cm³/mol. The van der Waals surface area contributed by atoms with Gasteiger partial charge in [-0.25, -0.2) is 9.78 Å². The second-order valence-corrected chi connectivity index (χ2v) is 7.62. The summed E-state index contributed by atoms with van der Waals surface area (Å²) < 4.78 is 5.64. The average Bonchev–Trinajstić information content (AvgIpc) is 3.24. The number of rotatable bonds is 5. The van der Waals surface area contributed by atoms with Crippen LogP contribution in [-0.4, -0.2) is 23.0 Å². The van der Waals surface area contributed by atoms with Gasteiger partial charge in [-0.15, -0.1) is 22.7 Å². The number of carbonyl (C=O) groups is 2. The van der Waals surface area contributed by atoms with E-state index in [0.717, 1.165) is 22.6 Å². The Kier molecular flexibility index (Phi) is 5.47. The van der Waals surface area contributed by atoms with Gasteiger partial charge in [0.25, 0.3) is 5.91 Å². The van der Waals surface area contributed by atoms with Crippen molar-refractivity contribution in [1.82, 2.24) is 4.98 Å². The summed E-state index contributed by atoms with van der Waals surface area (Å²) in [6, 6.07) is 12.8. The van der Waals surface area contributed by atoms with E-state index in [1.165, 1.54) is 18.3 Å². The van der Waals surface area contributed by atoms with Crippen LogP contribution in [0, 0.1) is 0 Å². The maximum atomic E-state index is 12.2. The van der Waals surface area contributed by atoms with Crippen molar-refractivity contribution < 1.29 is 14.3 Å². The topological polar surface area (TPSA) is 68.3 Å². The molecule has 1 N–H and O–H groups in total. The van der Waals surface area contributed by atoms with Gasteiger partial charge in [-0.05, 0) is 19.1 Å². The van der Waals surface area contributed by atoms with Gasteiger partial charge in [0.2, 0.25) is 0 Å². The van der Waals surface area contributed by atoms with Crippen molar-refractivity contribution in [2.45, 2.75) is 13.0 Å². The summed E-state index contributed by atoms with van der Waals surface area (Å²) in [6.07, 6.45) is -0.947. The molecular weight excluding hydrogens is 380 g/mol. The fourth-order valence-electron chi connectivity index (χ4n) is 1.98. The van der Waals surface area contributed by atoms with Crippen molar-refractivity contribution in [1.29, 1.82) is 0 Å². The van der Waals surface area contributed by atoms with Crippen LogP contribution in [0.15, 0.2) is 47.8 Å². The molecule has 0 aliphatic carbocycles. The van der Waals surface area contributed by atoms with Crippen molar-refractivity contribution >= 4 is 51.3 Å². The van der Waals surface area contributed by atoms with E-state index in [1.54, 1.807) is 12.1 Å². The monoisotopic (exact) mass is 392 g/mol. The second-order valence-electron chi connectivity index (χ2n) is 5.04. The maximum Gasteiger partial charge on any atom is 0.349 e. The van der Waals surface area contributed by atoms with Gasteiger partial charge in [-0.3, -0.25) is 10.1 Å². The zero-order valence-corrected chi connectivity index (χ0v) is 15.5. The molecule has 0 saturated heterocycles. The number of amides is 1. The number of nitrogens with zero attached hydrogens (tertiary/aromatic N) is 1. The molecule has 5 nitrogen and oxygen atoms in total. The van der Waals surface area contributed by atoms with Crippen LogP contribution >= 0.6 is 34.3 Å². The Labute approximate surface area is 157 Å². The third-order valence-electron chi connectivity index (χ3n) is 3.23. The molecular formula is C17H13ClN2O3S2. The van der Waals surface area contributed by atoms with Crippen LogP contribution in [0.4, 0.5) is 5.13 Å². The lowest BCUT2D eigenvalue weighted by molar-refractivity contribution is -0.123. The molecule has 128 valence electrons. The molecule has 2 heterocycles. The smallest absolute Gasteiger partial charge is 0.349 e. The Morgan fingerprint density at radius 3 is 2.64 bits per heavy atom. The predicted octanol–water partition coefficient (Wildman–Crippen LogP) is 4.71. The summed E-state index contributed by atoms with van der Waals surface area (Å²) >= 11 is 8.20. The number of thiophene rings is 1. The molecule has 3 aromatic rings. The molecule has 1 unspecified atom stereocenters. The Morgan fingerprint density at radius 1 is 1.20 bits per heavy atom. The lowest BCUT2D eigenvalue weighted by atomic mass is 10.2. The van der Waals surface area contributed by atoms with E-state index in [1.807, 2.05) is 35.7 Å². The first-order valence-corrected chi connectivity index (χ1v) is 9.38. The van der Waals surface area contributed by atoms with Crippen molar-refractivity contribution in [3.63, 3.8) is 0 Å². The van der Waals surface area contributed by atoms with E-state index < -0.39 is 18.0 Å². The summed E-state index contributed by atoms with van der Waals surface area (Å²) in [7, 11) is 0. The Morgan fingerprint density at radius 2 is 1.96 bits per heavy atom. The summed E-state index contributed by atoms with van der Waals surface area (Å²) in [4.78, 5) is 28.9. The number of aromatic nitrogens is 1. The molecule has 0 bridgehead atoms. The molecule has 1 atom stereocenters. The SMILES string of the molecule is CC(OC(=O)c1ccc(Cl)s1)C(=O)Nc1nc(-c2ccccc2)cs1. The highest BCUT2D eigenvalue weighted by atomic mass is 35.5. The summed E-state index contributed by atoms with van der Waals surface area (Å²) in [5.41, 5.74) is 1.74. The number of carbonyl (C=O) groups excluding carboxylic acids is 2. The number of esters is 1. The molecule has 0 radical (unpaired) electrons.